The highest BCUT2D eigenvalue weighted by atomic mass is 16.5. The highest BCUT2D eigenvalue weighted by Gasteiger charge is 2.10. The van der Waals surface area contributed by atoms with Crippen LogP contribution >= 0.6 is 0 Å². The number of carbonyl (C=O) groups is 1. The van der Waals surface area contributed by atoms with E-state index in [9.17, 15) is 4.79 Å². The molecule has 0 aliphatic heterocycles. The van der Waals surface area contributed by atoms with E-state index in [4.69, 9.17) is 10.5 Å². The lowest BCUT2D eigenvalue weighted by atomic mass is 10.2. The molecule has 0 spiro atoms. The van der Waals surface area contributed by atoms with Crippen LogP contribution in [-0.4, -0.2) is 27.5 Å². The number of benzene rings is 1. The van der Waals surface area contributed by atoms with E-state index in [0.717, 1.165) is 11.3 Å². The number of anilines is 5. The lowest BCUT2D eigenvalue weighted by Crippen LogP contribution is -2.06. The van der Waals surface area contributed by atoms with Crippen molar-refractivity contribution >= 4 is 34.8 Å². The van der Waals surface area contributed by atoms with Gasteiger partial charge in [0.15, 0.2) is 11.6 Å². The van der Waals surface area contributed by atoms with Crippen LogP contribution in [0.25, 0.3) is 0 Å². The number of nitrogens with one attached hydrogen (secondary N) is 2. The molecule has 4 N–H and O–H groups in total. The number of carbonyl (C=O) groups excluding carboxylic acids is 1. The van der Waals surface area contributed by atoms with E-state index in [1.165, 1.54) is 6.33 Å². The zero-order valence-electron chi connectivity index (χ0n) is 15.1. The Kier molecular flexibility index (Phi) is 5.46. The van der Waals surface area contributed by atoms with Gasteiger partial charge in [-0.05, 0) is 49.7 Å². The van der Waals surface area contributed by atoms with Gasteiger partial charge < -0.3 is 21.1 Å². The first kappa shape index (κ1) is 18.1. The van der Waals surface area contributed by atoms with E-state index >= 15 is 0 Å². The Labute approximate surface area is 156 Å². The second-order valence-electron chi connectivity index (χ2n) is 5.75. The first-order valence-electron chi connectivity index (χ1n) is 8.41. The normalized spacial score (nSPS) is 10.3. The average molecular weight is 364 g/mol. The van der Waals surface area contributed by atoms with E-state index < -0.39 is 0 Å². The third-order valence-electron chi connectivity index (χ3n) is 3.70. The molecule has 3 aromatic rings. The molecule has 8 nitrogen and oxygen atoms in total. The number of rotatable bonds is 6. The molecule has 138 valence electrons. The number of esters is 1. The van der Waals surface area contributed by atoms with Crippen LogP contribution in [0.1, 0.15) is 22.8 Å². The smallest absolute Gasteiger partial charge is 0.338 e. The molecule has 0 aliphatic carbocycles. The molecular formula is C19H20N6O2. The lowest BCUT2D eigenvalue weighted by molar-refractivity contribution is 0.0526. The highest BCUT2D eigenvalue weighted by molar-refractivity contribution is 5.90. The monoisotopic (exact) mass is 364 g/mol. The molecule has 0 amide bonds. The zero-order valence-corrected chi connectivity index (χ0v) is 15.1. The Morgan fingerprint density at radius 2 is 1.74 bits per heavy atom. The predicted octanol–water partition coefficient (Wildman–Crippen LogP) is 3.43. The van der Waals surface area contributed by atoms with Crippen LogP contribution < -0.4 is 16.4 Å². The molecule has 3 rings (SSSR count). The Morgan fingerprint density at radius 1 is 1.04 bits per heavy atom. The van der Waals surface area contributed by atoms with Crippen LogP contribution in [0, 0.1) is 6.92 Å². The predicted molar refractivity (Wildman–Crippen MR) is 104 cm³/mol. The molecule has 27 heavy (non-hydrogen) atoms. The lowest BCUT2D eigenvalue weighted by Gasteiger charge is -2.12. The zero-order chi connectivity index (χ0) is 19.2. The first-order valence-corrected chi connectivity index (χ1v) is 8.41. The number of hydrogen-bond acceptors (Lipinski definition) is 8. The van der Waals surface area contributed by atoms with Crippen LogP contribution in [0.2, 0.25) is 0 Å². The van der Waals surface area contributed by atoms with Crippen molar-refractivity contribution in [2.24, 2.45) is 0 Å². The molecule has 0 atom stereocenters. The van der Waals surface area contributed by atoms with Gasteiger partial charge in [0.1, 0.15) is 17.8 Å². The van der Waals surface area contributed by atoms with Gasteiger partial charge in [-0.3, -0.25) is 0 Å². The Balaban J connectivity index is 1.75. The molecule has 0 saturated heterocycles. The fourth-order valence-corrected chi connectivity index (χ4v) is 2.30. The average Bonchev–Trinajstić information content (AvgIpc) is 2.67. The van der Waals surface area contributed by atoms with E-state index in [-0.39, 0.29) is 5.97 Å². The maximum atomic E-state index is 11.7. The number of ether oxygens (including phenoxy) is 1. The van der Waals surface area contributed by atoms with Crippen molar-refractivity contribution in [2.45, 2.75) is 13.8 Å². The maximum Gasteiger partial charge on any atom is 0.338 e. The van der Waals surface area contributed by atoms with Crippen LogP contribution in [0.4, 0.5) is 28.8 Å². The summed E-state index contributed by atoms with van der Waals surface area (Å²) in [6.07, 6.45) is 3.16. The molecule has 0 unspecified atom stereocenters. The summed E-state index contributed by atoms with van der Waals surface area (Å²) in [6.45, 7) is 4.07. The topological polar surface area (TPSA) is 115 Å². The molecular weight excluding hydrogens is 344 g/mol. The summed E-state index contributed by atoms with van der Waals surface area (Å²) in [6, 6.07) is 10.6. The van der Waals surface area contributed by atoms with Crippen molar-refractivity contribution < 1.29 is 9.53 Å². The van der Waals surface area contributed by atoms with Gasteiger partial charge in [-0.15, -0.1) is 0 Å². The summed E-state index contributed by atoms with van der Waals surface area (Å²) in [7, 11) is 0. The van der Waals surface area contributed by atoms with Crippen molar-refractivity contribution in [3.8, 4) is 0 Å². The SMILES string of the molecule is CCOC(=O)c1ccc(Nc2ncnc(Nc3ccc(C)cn3)c2N)cc1. The molecule has 0 saturated carbocycles. The van der Waals surface area contributed by atoms with Crippen LogP contribution in [-0.2, 0) is 4.74 Å². The van der Waals surface area contributed by atoms with Crippen LogP contribution in [0.3, 0.4) is 0 Å². The summed E-state index contributed by atoms with van der Waals surface area (Å²) < 4.78 is 4.97. The number of nitrogen functional groups attached to an aromatic ring is 1. The van der Waals surface area contributed by atoms with Gasteiger partial charge in [-0.25, -0.2) is 19.7 Å². The largest absolute Gasteiger partial charge is 0.462 e. The summed E-state index contributed by atoms with van der Waals surface area (Å²) in [4.78, 5) is 24.3. The number of nitrogens with two attached hydrogens (primary N) is 1. The van der Waals surface area contributed by atoms with Crippen molar-refractivity contribution in [3.63, 3.8) is 0 Å². The van der Waals surface area contributed by atoms with Gasteiger partial charge in [0, 0.05) is 11.9 Å². The molecule has 1 aromatic carbocycles. The summed E-state index contributed by atoms with van der Waals surface area (Å²) in [5.74, 6) is 1.17. The molecule has 8 heteroatoms. The molecule has 0 fully saturated rings. The van der Waals surface area contributed by atoms with Gasteiger partial charge in [0.05, 0.1) is 12.2 Å². The second-order valence-corrected chi connectivity index (χ2v) is 5.75. The van der Waals surface area contributed by atoms with Crippen molar-refractivity contribution in [1.29, 1.82) is 0 Å². The van der Waals surface area contributed by atoms with E-state index in [1.807, 2.05) is 19.1 Å². The van der Waals surface area contributed by atoms with Crippen molar-refractivity contribution in [3.05, 3.63) is 60.0 Å². The number of aromatic nitrogens is 3. The maximum absolute atomic E-state index is 11.7. The summed E-state index contributed by atoms with van der Waals surface area (Å²) in [5, 5.41) is 6.19. The Morgan fingerprint density at radius 3 is 2.37 bits per heavy atom. The fourth-order valence-electron chi connectivity index (χ4n) is 2.30. The molecule has 0 aliphatic rings. The van der Waals surface area contributed by atoms with Gasteiger partial charge in [-0.2, -0.15) is 0 Å². The van der Waals surface area contributed by atoms with Crippen LogP contribution in [0.5, 0.6) is 0 Å². The molecule has 2 heterocycles. The summed E-state index contributed by atoms with van der Waals surface area (Å²) >= 11 is 0. The molecule has 0 bridgehead atoms. The van der Waals surface area contributed by atoms with E-state index in [0.29, 0.717) is 35.3 Å². The van der Waals surface area contributed by atoms with E-state index in [1.54, 1.807) is 37.4 Å². The Bertz CT molecular complexity index is 926. The number of hydrogen-bond donors (Lipinski definition) is 3. The third-order valence-corrected chi connectivity index (χ3v) is 3.70. The van der Waals surface area contributed by atoms with E-state index in [2.05, 4.69) is 25.6 Å². The quantitative estimate of drug-likeness (QED) is 0.570. The standard InChI is InChI=1S/C19H20N6O2/c1-3-27-19(26)13-5-7-14(8-6-13)24-17-16(20)18(23-11-22-17)25-15-9-4-12(2)10-21-15/h4-11H,3,20H2,1-2H3,(H2,21,22,23,24,25). The number of nitrogens with zero attached hydrogens (tertiary/aromatic N) is 3. The Hall–Kier alpha value is -3.68. The minimum absolute atomic E-state index is 0.335. The highest BCUT2D eigenvalue weighted by Crippen LogP contribution is 2.27. The minimum Gasteiger partial charge on any atom is -0.462 e. The summed E-state index contributed by atoms with van der Waals surface area (Å²) in [5.41, 5.74) is 8.80. The van der Waals surface area contributed by atoms with Crippen LogP contribution in [0.15, 0.2) is 48.9 Å². The van der Waals surface area contributed by atoms with Gasteiger partial charge in [0.2, 0.25) is 0 Å². The molecule has 2 aromatic heterocycles. The van der Waals surface area contributed by atoms with Crippen molar-refractivity contribution in [1.82, 2.24) is 15.0 Å². The third kappa shape index (κ3) is 4.49. The fraction of sp³-hybridized carbons (Fsp3) is 0.158. The number of pyridine rings is 1. The van der Waals surface area contributed by atoms with Crippen molar-refractivity contribution in [2.75, 3.05) is 23.0 Å². The minimum atomic E-state index is -0.359. The first-order chi connectivity index (χ1) is 13.1. The van der Waals surface area contributed by atoms with Gasteiger partial charge in [-0.1, -0.05) is 6.07 Å². The van der Waals surface area contributed by atoms with Gasteiger partial charge >= 0.3 is 5.97 Å². The van der Waals surface area contributed by atoms with Gasteiger partial charge in [0.25, 0.3) is 0 Å². The number of aryl methyl sites for hydroxylation is 1. The second kappa shape index (κ2) is 8.13. The molecule has 0 radical (unpaired) electrons.